The van der Waals surface area contributed by atoms with E-state index in [4.69, 9.17) is 5.41 Å². The maximum atomic E-state index is 12.7. The minimum absolute atomic E-state index is 0.300. The van der Waals surface area contributed by atoms with Crippen LogP contribution in [-0.2, 0) is 4.79 Å². The topological polar surface area (TPSA) is 50.6 Å². The molecule has 1 N–H and O–H groups in total. The van der Waals surface area contributed by atoms with Gasteiger partial charge in [-0.15, -0.1) is 0 Å². The minimum atomic E-state index is 0.300. The van der Waals surface area contributed by atoms with Crippen LogP contribution in [0, 0.1) is 5.41 Å². The molecule has 1 atom stereocenters. The molecule has 1 amide bonds. The van der Waals surface area contributed by atoms with Gasteiger partial charge in [-0.25, -0.2) is 0 Å². The number of piperazine rings is 1. The van der Waals surface area contributed by atoms with E-state index in [1.807, 2.05) is 13.8 Å². The standard InChI is InChI=1S/C19H32N4O.C2H6/c1-2-17-14-21(15-20)12-13-23(17)18-8-10-22(11-9-18)19(24)16-6-4-3-5-7-16;1-2/h6,15,17-18,20H,2-5,7-14H2,1H3;1-2H3/t17-;/m0./s1. The van der Waals surface area contributed by atoms with Crippen molar-refractivity contribution < 1.29 is 4.79 Å². The summed E-state index contributed by atoms with van der Waals surface area (Å²) in [6, 6.07) is 1.15. The van der Waals surface area contributed by atoms with Crippen LogP contribution < -0.4 is 0 Å². The number of amides is 1. The fourth-order valence-electron chi connectivity index (χ4n) is 4.49. The first-order chi connectivity index (χ1) is 12.7. The maximum absolute atomic E-state index is 12.7. The molecule has 0 aromatic carbocycles. The largest absolute Gasteiger partial charge is 0.360 e. The molecule has 2 fully saturated rings. The van der Waals surface area contributed by atoms with Gasteiger partial charge in [-0.2, -0.15) is 0 Å². The lowest BCUT2D eigenvalue weighted by atomic mass is 9.95. The molecule has 3 rings (SSSR count). The lowest BCUT2D eigenvalue weighted by Crippen LogP contribution is -2.58. The van der Waals surface area contributed by atoms with Gasteiger partial charge in [0.15, 0.2) is 0 Å². The highest BCUT2D eigenvalue weighted by molar-refractivity contribution is 5.93. The van der Waals surface area contributed by atoms with Crippen molar-refractivity contribution in [3.05, 3.63) is 11.6 Å². The van der Waals surface area contributed by atoms with E-state index in [0.717, 1.165) is 70.4 Å². The molecule has 26 heavy (non-hydrogen) atoms. The van der Waals surface area contributed by atoms with Gasteiger partial charge in [-0.1, -0.05) is 26.8 Å². The number of nitrogens with zero attached hydrogens (tertiary/aromatic N) is 3. The fraction of sp³-hybridized carbons (Fsp3) is 0.810. The van der Waals surface area contributed by atoms with Crippen molar-refractivity contribution in [2.24, 2.45) is 0 Å². The van der Waals surface area contributed by atoms with E-state index in [1.54, 1.807) is 0 Å². The van der Waals surface area contributed by atoms with E-state index in [1.165, 1.54) is 19.2 Å². The normalized spacial score (nSPS) is 25.2. The average molecular weight is 363 g/mol. The summed E-state index contributed by atoms with van der Waals surface area (Å²) in [6.07, 6.45) is 11.4. The van der Waals surface area contributed by atoms with E-state index in [-0.39, 0.29) is 0 Å². The minimum Gasteiger partial charge on any atom is -0.360 e. The van der Waals surface area contributed by atoms with E-state index in [2.05, 4.69) is 27.7 Å². The molecule has 2 saturated heterocycles. The molecular formula is C21H38N4O. The van der Waals surface area contributed by atoms with Gasteiger partial charge >= 0.3 is 0 Å². The summed E-state index contributed by atoms with van der Waals surface area (Å²) in [4.78, 5) is 19.5. The molecule has 0 bridgehead atoms. The second-order valence-electron chi connectivity index (χ2n) is 7.42. The lowest BCUT2D eigenvalue weighted by molar-refractivity contribution is -0.129. The quantitative estimate of drug-likeness (QED) is 0.615. The highest BCUT2D eigenvalue weighted by Crippen LogP contribution is 2.25. The summed E-state index contributed by atoms with van der Waals surface area (Å²) in [5.74, 6) is 0.300. The van der Waals surface area contributed by atoms with Crippen LogP contribution in [0.1, 0.15) is 65.7 Å². The molecule has 3 aliphatic rings. The van der Waals surface area contributed by atoms with Gasteiger partial charge < -0.3 is 9.80 Å². The van der Waals surface area contributed by atoms with Crippen molar-refractivity contribution in [1.82, 2.24) is 14.7 Å². The van der Waals surface area contributed by atoms with Crippen LogP contribution in [0.5, 0.6) is 0 Å². The second-order valence-corrected chi connectivity index (χ2v) is 7.42. The molecule has 0 unspecified atom stereocenters. The molecule has 0 aromatic rings. The summed E-state index contributed by atoms with van der Waals surface area (Å²) >= 11 is 0. The first kappa shape index (κ1) is 20.9. The number of carbonyl (C=O) groups is 1. The van der Waals surface area contributed by atoms with Crippen LogP contribution in [0.3, 0.4) is 0 Å². The smallest absolute Gasteiger partial charge is 0.249 e. The molecule has 2 aliphatic heterocycles. The predicted molar refractivity (Wildman–Crippen MR) is 109 cm³/mol. The monoisotopic (exact) mass is 362 g/mol. The van der Waals surface area contributed by atoms with Crippen molar-refractivity contribution in [2.75, 3.05) is 32.7 Å². The Morgan fingerprint density at radius 3 is 2.50 bits per heavy atom. The molecule has 0 saturated carbocycles. The Balaban J connectivity index is 0.00000117. The number of allylic oxidation sites excluding steroid dienone is 1. The molecule has 5 nitrogen and oxygen atoms in total. The molecule has 2 heterocycles. The van der Waals surface area contributed by atoms with Gasteiger partial charge in [-0.3, -0.25) is 15.1 Å². The fourth-order valence-corrected chi connectivity index (χ4v) is 4.49. The molecular weight excluding hydrogens is 324 g/mol. The first-order valence-electron chi connectivity index (χ1n) is 10.7. The lowest BCUT2D eigenvalue weighted by Gasteiger charge is -2.47. The Labute approximate surface area is 159 Å². The summed E-state index contributed by atoms with van der Waals surface area (Å²) in [7, 11) is 0. The summed E-state index contributed by atoms with van der Waals surface area (Å²) in [5, 5.41) is 7.48. The third kappa shape index (κ3) is 5.09. The number of likely N-dealkylation sites (tertiary alicyclic amines) is 1. The Kier molecular flexibility index (Phi) is 8.63. The number of rotatable bonds is 4. The Hall–Kier alpha value is -1.36. The van der Waals surface area contributed by atoms with Crippen molar-refractivity contribution in [3.63, 3.8) is 0 Å². The van der Waals surface area contributed by atoms with Gasteiger partial charge in [0.25, 0.3) is 0 Å². The van der Waals surface area contributed by atoms with Crippen LogP contribution >= 0.6 is 0 Å². The Morgan fingerprint density at radius 1 is 1.19 bits per heavy atom. The molecule has 0 radical (unpaired) electrons. The zero-order chi connectivity index (χ0) is 18.9. The Morgan fingerprint density at radius 2 is 1.92 bits per heavy atom. The molecule has 1 aliphatic carbocycles. The molecule has 0 aromatic heterocycles. The zero-order valence-corrected chi connectivity index (χ0v) is 17.0. The van der Waals surface area contributed by atoms with Crippen molar-refractivity contribution >= 4 is 12.2 Å². The van der Waals surface area contributed by atoms with Crippen LogP contribution in [0.15, 0.2) is 11.6 Å². The first-order valence-corrected chi connectivity index (χ1v) is 10.7. The van der Waals surface area contributed by atoms with Gasteiger partial charge in [0.2, 0.25) is 5.91 Å². The third-order valence-corrected chi connectivity index (χ3v) is 6.00. The van der Waals surface area contributed by atoms with Crippen LogP contribution in [0.25, 0.3) is 0 Å². The van der Waals surface area contributed by atoms with Gasteiger partial charge in [-0.05, 0) is 44.9 Å². The zero-order valence-electron chi connectivity index (χ0n) is 17.0. The van der Waals surface area contributed by atoms with Crippen molar-refractivity contribution in [3.8, 4) is 0 Å². The molecule has 0 spiro atoms. The average Bonchev–Trinajstić information content (AvgIpc) is 2.75. The number of piperidine rings is 1. The van der Waals surface area contributed by atoms with Gasteiger partial charge in [0.05, 0.1) is 6.34 Å². The van der Waals surface area contributed by atoms with Gasteiger partial charge in [0, 0.05) is 50.4 Å². The van der Waals surface area contributed by atoms with Crippen molar-refractivity contribution in [2.45, 2.75) is 77.8 Å². The summed E-state index contributed by atoms with van der Waals surface area (Å²) in [6.45, 7) is 11.1. The third-order valence-electron chi connectivity index (χ3n) is 6.00. The van der Waals surface area contributed by atoms with E-state index >= 15 is 0 Å². The van der Waals surface area contributed by atoms with E-state index in [0.29, 0.717) is 18.0 Å². The number of hydrogen-bond acceptors (Lipinski definition) is 3. The Bertz CT molecular complexity index is 482. The van der Waals surface area contributed by atoms with Crippen LogP contribution in [0.4, 0.5) is 0 Å². The SMILES string of the molecule is CC.CC[C@H]1CN(C=N)CCN1C1CCN(C(=O)C2=CCCCC2)CC1. The number of nitrogens with one attached hydrogen (secondary N) is 1. The predicted octanol–water partition coefficient (Wildman–Crippen LogP) is 3.51. The molecule has 5 heteroatoms. The number of hydrogen-bond donors (Lipinski definition) is 1. The summed E-state index contributed by atoms with van der Waals surface area (Å²) in [5.41, 5.74) is 1.06. The highest BCUT2D eigenvalue weighted by atomic mass is 16.2. The van der Waals surface area contributed by atoms with E-state index < -0.39 is 0 Å². The second kappa shape index (κ2) is 10.7. The van der Waals surface area contributed by atoms with E-state index in [9.17, 15) is 4.79 Å². The summed E-state index contributed by atoms with van der Waals surface area (Å²) < 4.78 is 0. The van der Waals surface area contributed by atoms with Crippen molar-refractivity contribution in [1.29, 1.82) is 5.41 Å². The molecule has 148 valence electrons. The van der Waals surface area contributed by atoms with Crippen LogP contribution in [-0.4, -0.2) is 71.8 Å². The van der Waals surface area contributed by atoms with Gasteiger partial charge in [0.1, 0.15) is 0 Å². The maximum Gasteiger partial charge on any atom is 0.249 e. The van der Waals surface area contributed by atoms with Crippen LogP contribution in [0.2, 0.25) is 0 Å². The number of carbonyl (C=O) groups excluding carboxylic acids is 1. The highest BCUT2D eigenvalue weighted by Gasteiger charge is 2.33.